The van der Waals surface area contributed by atoms with E-state index < -0.39 is 0 Å². The van der Waals surface area contributed by atoms with Crippen molar-refractivity contribution in [3.05, 3.63) is 182 Å². The van der Waals surface area contributed by atoms with Gasteiger partial charge in [0.15, 0.2) is 0 Å². The molecule has 11 rings (SSSR count). The monoisotopic (exact) mass is 646 g/mol. The van der Waals surface area contributed by atoms with Gasteiger partial charge in [0.05, 0.1) is 0 Å². The molecular weight excluding hydrogens is 617 g/mol. The van der Waals surface area contributed by atoms with Gasteiger partial charge in [-0.25, -0.2) is 0 Å². The second-order valence-corrected chi connectivity index (χ2v) is 13.6. The van der Waals surface area contributed by atoms with Crippen LogP contribution in [-0.4, -0.2) is 0 Å². The van der Waals surface area contributed by atoms with E-state index >= 15 is 0 Å². The molecule has 0 spiro atoms. The van der Waals surface area contributed by atoms with Gasteiger partial charge in [-0.2, -0.15) is 0 Å². The zero-order valence-electron chi connectivity index (χ0n) is 27.7. The van der Waals surface area contributed by atoms with E-state index in [1.54, 1.807) is 0 Å². The molecule has 236 valence electrons. The van der Waals surface area contributed by atoms with Crippen molar-refractivity contribution in [3.8, 4) is 33.4 Å². The van der Waals surface area contributed by atoms with Crippen LogP contribution < -0.4 is 0 Å². The topological polar surface area (TPSA) is 13.1 Å². The van der Waals surface area contributed by atoms with Crippen LogP contribution >= 0.6 is 0 Å². The smallest absolute Gasteiger partial charge is 0.143 e. The molecule has 0 aliphatic carbocycles. The Hall–Kier alpha value is -6.70. The fraction of sp³-hybridized carbons (Fsp3) is 0. The minimum absolute atomic E-state index is 0.909. The fourth-order valence-electron chi connectivity index (χ4n) is 8.61. The maximum absolute atomic E-state index is 6.69. The zero-order valence-corrected chi connectivity index (χ0v) is 27.7. The van der Waals surface area contributed by atoms with Crippen LogP contribution in [0.3, 0.4) is 0 Å². The van der Waals surface area contributed by atoms with Crippen molar-refractivity contribution < 1.29 is 4.42 Å². The predicted octanol–water partition coefficient (Wildman–Crippen LogP) is 14.4. The van der Waals surface area contributed by atoms with E-state index in [2.05, 4.69) is 176 Å². The lowest BCUT2D eigenvalue weighted by atomic mass is 9.83. The average molecular weight is 647 g/mol. The molecule has 11 aromatic rings. The molecule has 0 saturated carbocycles. The maximum atomic E-state index is 6.69. The Balaban J connectivity index is 1.32. The van der Waals surface area contributed by atoms with Crippen molar-refractivity contribution in [3.63, 3.8) is 0 Å². The summed E-state index contributed by atoms with van der Waals surface area (Å²) in [6, 6.07) is 66.4. The van der Waals surface area contributed by atoms with E-state index in [9.17, 15) is 0 Å². The number of para-hydroxylation sites is 2. The van der Waals surface area contributed by atoms with Crippen molar-refractivity contribution in [2.75, 3.05) is 0 Å². The van der Waals surface area contributed by atoms with Gasteiger partial charge < -0.3 is 4.42 Å². The molecule has 1 nitrogen and oxygen atoms in total. The number of hydrogen-bond donors (Lipinski definition) is 0. The lowest BCUT2D eigenvalue weighted by molar-refractivity contribution is 0.670. The van der Waals surface area contributed by atoms with E-state index in [4.69, 9.17) is 4.42 Å². The molecule has 10 aromatic carbocycles. The van der Waals surface area contributed by atoms with Gasteiger partial charge in [-0.3, -0.25) is 0 Å². The van der Waals surface area contributed by atoms with Crippen molar-refractivity contribution in [2.24, 2.45) is 0 Å². The summed E-state index contributed by atoms with van der Waals surface area (Å²) in [7, 11) is 0. The SMILES string of the molecule is c1ccc2c(-c3ccc4c(-c5cccc6c5oc5ccccc56)c5ccccc5c(-c5cccc6c5ccc5ccccc56)c4c3)cccc2c1. The second kappa shape index (κ2) is 10.9. The highest BCUT2D eigenvalue weighted by molar-refractivity contribution is 6.27. The molecule has 0 fully saturated rings. The van der Waals surface area contributed by atoms with Gasteiger partial charge in [-0.15, -0.1) is 0 Å². The van der Waals surface area contributed by atoms with Gasteiger partial charge in [-0.05, 0) is 88.2 Å². The van der Waals surface area contributed by atoms with Crippen LogP contribution in [0, 0.1) is 0 Å². The molecule has 1 aromatic heterocycles. The molecule has 0 N–H and O–H groups in total. The number of fused-ring (bicyclic) bond motifs is 9. The molecule has 0 amide bonds. The van der Waals surface area contributed by atoms with Crippen LogP contribution in [0.15, 0.2) is 186 Å². The first-order valence-electron chi connectivity index (χ1n) is 17.6. The summed E-state index contributed by atoms with van der Waals surface area (Å²) in [5, 5.41) is 14.7. The zero-order chi connectivity index (χ0) is 33.5. The summed E-state index contributed by atoms with van der Waals surface area (Å²) >= 11 is 0. The molecule has 0 saturated heterocycles. The van der Waals surface area contributed by atoms with Gasteiger partial charge in [0, 0.05) is 21.9 Å². The summed E-state index contributed by atoms with van der Waals surface area (Å²) in [4.78, 5) is 0. The van der Waals surface area contributed by atoms with Crippen LogP contribution in [-0.2, 0) is 0 Å². The standard InChI is InChI=1S/C50H30O/c1-3-15-34-31(12-1)14-9-20-36(34)33-27-29-43-46(30-33)49(40-22-10-21-37-35-16-4-2-13-32(35)26-28-38(37)40)42-19-6-5-18-41(42)48(43)45-24-11-23-44-39-17-7-8-25-47(39)51-50(44)45/h1-30H. The first-order valence-corrected chi connectivity index (χ1v) is 17.6. The van der Waals surface area contributed by atoms with Crippen LogP contribution in [0.1, 0.15) is 0 Å². The van der Waals surface area contributed by atoms with E-state index in [0.717, 1.165) is 27.5 Å². The molecule has 0 aliphatic heterocycles. The lowest BCUT2D eigenvalue weighted by Gasteiger charge is -2.20. The number of hydrogen-bond acceptors (Lipinski definition) is 1. The Morgan fingerprint density at radius 3 is 1.63 bits per heavy atom. The molecule has 1 heterocycles. The highest BCUT2D eigenvalue weighted by Gasteiger charge is 2.22. The highest BCUT2D eigenvalue weighted by Crippen LogP contribution is 2.49. The Kier molecular flexibility index (Phi) is 6.02. The van der Waals surface area contributed by atoms with E-state index in [1.807, 2.05) is 6.07 Å². The first-order chi connectivity index (χ1) is 25.3. The summed E-state index contributed by atoms with van der Waals surface area (Å²) < 4.78 is 6.69. The molecule has 0 unspecified atom stereocenters. The first kappa shape index (κ1) is 28.2. The minimum Gasteiger partial charge on any atom is -0.455 e. The third-order valence-electron chi connectivity index (χ3n) is 10.9. The van der Waals surface area contributed by atoms with Gasteiger partial charge >= 0.3 is 0 Å². The molecule has 0 radical (unpaired) electrons. The van der Waals surface area contributed by atoms with Gasteiger partial charge in [0.1, 0.15) is 11.2 Å². The lowest BCUT2D eigenvalue weighted by Crippen LogP contribution is -1.93. The Bertz CT molecular complexity index is 3190. The molecule has 0 atom stereocenters. The van der Waals surface area contributed by atoms with E-state index in [0.29, 0.717) is 0 Å². The normalized spacial score (nSPS) is 11.9. The van der Waals surface area contributed by atoms with Crippen LogP contribution in [0.25, 0.3) is 109 Å². The fourth-order valence-corrected chi connectivity index (χ4v) is 8.61. The summed E-state index contributed by atoms with van der Waals surface area (Å²) in [6.07, 6.45) is 0. The predicted molar refractivity (Wildman–Crippen MR) is 218 cm³/mol. The van der Waals surface area contributed by atoms with Crippen LogP contribution in [0.4, 0.5) is 0 Å². The number of benzene rings is 10. The molecular formula is C50H30O. The van der Waals surface area contributed by atoms with Crippen LogP contribution in [0.5, 0.6) is 0 Å². The highest BCUT2D eigenvalue weighted by atomic mass is 16.3. The van der Waals surface area contributed by atoms with Gasteiger partial charge in [-0.1, -0.05) is 170 Å². The van der Waals surface area contributed by atoms with Gasteiger partial charge in [0.25, 0.3) is 0 Å². The quantitative estimate of drug-likeness (QED) is 0.138. The average Bonchev–Trinajstić information content (AvgIpc) is 3.58. The Morgan fingerprint density at radius 1 is 0.275 bits per heavy atom. The largest absolute Gasteiger partial charge is 0.455 e. The third kappa shape index (κ3) is 4.16. The van der Waals surface area contributed by atoms with Crippen LogP contribution in [0.2, 0.25) is 0 Å². The number of furan rings is 1. The maximum Gasteiger partial charge on any atom is 0.143 e. The van der Waals surface area contributed by atoms with E-state index in [1.165, 1.54) is 81.7 Å². The van der Waals surface area contributed by atoms with Crippen molar-refractivity contribution >= 4 is 75.8 Å². The molecule has 1 heteroatoms. The molecule has 0 aliphatic rings. The third-order valence-corrected chi connectivity index (χ3v) is 10.9. The Morgan fingerprint density at radius 2 is 0.804 bits per heavy atom. The van der Waals surface area contributed by atoms with Crippen molar-refractivity contribution in [2.45, 2.75) is 0 Å². The summed E-state index contributed by atoms with van der Waals surface area (Å²) in [6.45, 7) is 0. The molecule has 0 bridgehead atoms. The minimum atomic E-state index is 0.909. The Labute approximate surface area is 294 Å². The molecule has 51 heavy (non-hydrogen) atoms. The van der Waals surface area contributed by atoms with Crippen molar-refractivity contribution in [1.29, 1.82) is 0 Å². The second-order valence-electron chi connectivity index (χ2n) is 13.6. The number of rotatable bonds is 3. The van der Waals surface area contributed by atoms with E-state index in [-0.39, 0.29) is 0 Å². The summed E-state index contributed by atoms with van der Waals surface area (Å²) in [5.74, 6) is 0. The van der Waals surface area contributed by atoms with Crippen molar-refractivity contribution in [1.82, 2.24) is 0 Å². The van der Waals surface area contributed by atoms with Gasteiger partial charge in [0.2, 0.25) is 0 Å². The summed E-state index contributed by atoms with van der Waals surface area (Å²) in [5.41, 5.74) is 9.07.